The second-order valence-corrected chi connectivity index (χ2v) is 5.54. The van der Waals surface area contributed by atoms with Gasteiger partial charge in [0.15, 0.2) is 0 Å². The number of benzene rings is 2. The van der Waals surface area contributed by atoms with Gasteiger partial charge in [-0.1, -0.05) is 12.1 Å². The smallest absolute Gasteiger partial charge is 0.252 e. The number of anilines is 1. The second-order valence-electron chi connectivity index (χ2n) is 4.68. The maximum absolute atomic E-state index is 13.0. The van der Waals surface area contributed by atoms with E-state index in [2.05, 4.69) is 26.6 Å². The lowest BCUT2D eigenvalue weighted by molar-refractivity contribution is -0.114. The minimum atomic E-state index is -0.406. The molecule has 0 aliphatic heterocycles. The Labute approximate surface area is 135 Å². The van der Waals surface area contributed by atoms with Crippen LogP contribution in [0.3, 0.4) is 0 Å². The summed E-state index contributed by atoms with van der Waals surface area (Å²) in [5.74, 6) is -0.836. The van der Waals surface area contributed by atoms with Crippen molar-refractivity contribution in [1.82, 2.24) is 5.32 Å². The molecule has 0 atom stereocenters. The molecular weight excluding hydrogens is 351 g/mol. The van der Waals surface area contributed by atoms with Crippen molar-refractivity contribution >= 4 is 33.4 Å². The minimum absolute atomic E-state index is 0.137. The Morgan fingerprint density at radius 2 is 1.82 bits per heavy atom. The Morgan fingerprint density at radius 1 is 1.14 bits per heavy atom. The van der Waals surface area contributed by atoms with Gasteiger partial charge in [0.2, 0.25) is 5.91 Å². The summed E-state index contributed by atoms with van der Waals surface area (Å²) in [5, 5.41) is 5.42. The van der Waals surface area contributed by atoms with E-state index in [4.69, 9.17) is 0 Å². The van der Waals surface area contributed by atoms with Crippen LogP contribution < -0.4 is 10.6 Å². The molecule has 2 N–H and O–H groups in total. The number of amides is 2. The molecule has 2 aromatic rings. The van der Waals surface area contributed by atoms with Crippen LogP contribution in [0.25, 0.3) is 0 Å². The Hall–Kier alpha value is -2.21. The molecule has 22 heavy (non-hydrogen) atoms. The molecule has 114 valence electrons. The van der Waals surface area contributed by atoms with Gasteiger partial charge < -0.3 is 10.6 Å². The highest BCUT2D eigenvalue weighted by atomic mass is 79.9. The topological polar surface area (TPSA) is 58.2 Å². The van der Waals surface area contributed by atoms with Crippen molar-refractivity contribution in [3.63, 3.8) is 0 Å². The highest BCUT2D eigenvalue weighted by Gasteiger charge is 2.10. The van der Waals surface area contributed by atoms with Gasteiger partial charge in [0.25, 0.3) is 5.91 Å². The Bertz CT molecular complexity index is 702. The molecule has 0 saturated carbocycles. The fourth-order valence-electron chi connectivity index (χ4n) is 1.86. The van der Waals surface area contributed by atoms with E-state index in [0.29, 0.717) is 22.3 Å². The highest BCUT2D eigenvalue weighted by molar-refractivity contribution is 9.10. The van der Waals surface area contributed by atoms with Crippen LogP contribution >= 0.6 is 15.9 Å². The lowest BCUT2D eigenvalue weighted by Crippen LogP contribution is -2.23. The van der Waals surface area contributed by atoms with Gasteiger partial charge in [-0.05, 0) is 51.8 Å². The third-order valence-corrected chi connectivity index (χ3v) is 3.56. The summed E-state index contributed by atoms with van der Waals surface area (Å²) in [6, 6.07) is 11.1. The predicted octanol–water partition coefficient (Wildman–Crippen LogP) is 3.48. The Kier molecular flexibility index (Phi) is 5.27. The van der Waals surface area contributed by atoms with Crippen molar-refractivity contribution in [3.05, 3.63) is 63.9 Å². The SMILES string of the molecule is CC(=O)Nc1ccc(CNC(=O)c2ccc(F)cc2Br)cc1. The zero-order valence-electron chi connectivity index (χ0n) is 11.8. The van der Waals surface area contributed by atoms with Crippen LogP contribution in [0, 0.1) is 5.82 Å². The first-order chi connectivity index (χ1) is 10.5. The van der Waals surface area contributed by atoms with Crippen LogP contribution in [-0.2, 0) is 11.3 Å². The van der Waals surface area contributed by atoms with Crippen molar-refractivity contribution in [1.29, 1.82) is 0 Å². The Morgan fingerprint density at radius 3 is 2.41 bits per heavy atom. The van der Waals surface area contributed by atoms with E-state index in [1.54, 1.807) is 12.1 Å². The molecule has 0 unspecified atom stereocenters. The third-order valence-electron chi connectivity index (χ3n) is 2.90. The molecule has 0 aliphatic carbocycles. The van der Waals surface area contributed by atoms with Gasteiger partial charge in [0.1, 0.15) is 5.82 Å². The van der Waals surface area contributed by atoms with E-state index in [1.165, 1.54) is 25.1 Å². The lowest BCUT2D eigenvalue weighted by atomic mass is 10.1. The first kappa shape index (κ1) is 16.2. The lowest BCUT2D eigenvalue weighted by Gasteiger charge is -2.08. The molecule has 0 spiro atoms. The molecule has 0 aromatic heterocycles. The van der Waals surface area contributed by atoms with E-state index >= 15 is 0 Å². The van der Waals surface area contributed by atoms with Crippen molar-refractivity contribution < 1.29 is 14.0 Å². The average molecular weight is 365 g/mol. The molecule has 6 heteroatoms. The van der Waals surface area contributed by atoms with E-state index in [1.807, 2.05) is 12.1 Å². The van der Waals surface area contributed by atoms with Crippen molar-refractivity contribution in [3.8, 4) is 0 Å². The maximum Gasteiger partial charge on any atom is 0.252 e. The average Bonchev–Trinajstić information content (AvgIpc) is 2.45. The summed E-state index contributed by atoms with van der Waals surface area (Å²) in [7, 11) is 0. The predicted molar refractivity (Wildman–Crippen MR) is 86.0 cm³/mol. The molecule has 0 heterocycles. The Balaban J connectivity index is 1.97. The van der Waals surface area contributed by atoms with Crippen LogP contribution in [0.15, 0.2) is 46.9 Å². The van der Waals surface area contributed by atoms with Crippen molar-refractivity contribution in [2.24, 2.45) is 0 Å². The summed E-state index contributed by atoms with van der Waals surface area (Å²) in [6.45, 7) is 1.78. The monoisotopic (exact) mass is 364 g/mol. The normalized spacial score (nSPS) is 10.1. The largest absolute Gasteiger partial charge is 0.348 e. The molecule has 0 fully saturated rings. The number of nitrogens with one attached hydrogen (secondary N) is 2. The van der Waals surface area contributed by atoms with Crippen LogP contribution in [0.4, 0.5) is 10.1 Å². The number of carbonyl (C=O) groups excluding carboxylic acids is 2. The quantitative estimate of drug-likeness (QED) is 0.872. The van der Waals surface area contributed by atoms with Gasteiger partial charge in [0, 0.05) is 23.6 Å². The van der Waals surface area contributed by atoms with E-state index in [0.717, 1.165) is 5.56 Å². The minimum Gasteiger partial charge on any atom is -0.348 e. The number of hydrogen-bond acceptors (Lipinski definition) is 2. The van der Waals surface area contributed by atoms with Crippen LogP contribution in [0.2, 0.25) is 0 Å². The van der Waals surface area contributed by atoms with Gasteiger partial charge in [-0.2, -0.15) is 0 Å². The number of hydrogen-bond donors (Lipinski definition) is 2. The van der Waals surface area contributed by atoms with Gasteiger partial charge in [0.05, 0.1) is 5.56 Å². The van der Waals surface area contributed by atoms with E-state index in [-0.39, 0.29) is 11.8 Å². The zero-order valence-corrected chi connectivity index (χ0v) is 13.4. The first-order valence-corrected chi connectivity index (χ1v) is 7.35. The van der Waals surface area contributed by atoms with Crippen LogP contribution in [0.5, 0.6) is 0 Å². The summed E-state index contributed by atoms with van der Waals surface area (Å²) in [6.07, 6.45) is 0. The first-order valence-electron chi connectivity index (χ1n) is 6.55. The molecule has 0 bridgehead atoms. The van der Waals surface area contributed by atoms with Gasteiger partial charge >= 0.3 is 0 Å². The molecule has 4 nitrogen and oxygen atoms in total. The number of rotatable bonds is 4. The molecule has 2 aromatic carbocycles. The maximum atomic E-state index is 13.0. The van der Waals surface area contributed by atoms with Gasteiger partial charge in [-0.15, -0.1) is 0 Å². The molecule has 0 radical (unpaired) electrons. The van der Waals surface area contributed by atoms with Crippen molar-refractivity contribution in [2.75, 3.05) is 5.32 Å². The summed E-state index contributed by atoms with van der Waals surface area (Å²) >= 11 is 3.17. The van der Waals surface area contributed by atoms with Crippen LogP contribution in [0.1, 0.15) is 22.8 Å². The van der Waals surface area contributed by atoms with Crippen LogP contribution in [-0.4, -0.2) is 11.8 Å². The van der Waals surface area contributed by atoms with Gasteiger partial charge in [-0.3, -0.25) is 9.59 Å². The number of carbonyl (C=O) groups is 2. The fraction of sp³-hybridized carbons (Fsp3) is 0.125. The van der Waals surface area contributed by atoms with Crippen molar-refractivity contribution in [2.45, 2.75) is 13.5 Å². The molecule has 0 aliphatic rings. The summed E-state index contributed by atoms with van der Waals surface area (Å²) in [4.78, 5) is 23.0. The van der Waals surface area contributed by atoms with Gasteiger partial charge in [-0.25, -0.2) is 4.39 Å². The molecule has 2 amide bonds. The molecular formula is C16H14BrFN2O2. The third kappa shape index (κ3) is 4.39. The standard InChI is InChI=1S/C16H14BrFN2O2/c1-10(21)20-13-5-2-11(3-6-13)9-19-16(22)14-7-4-12(18)8-15(14)17/h2-8H,9H2,1H3,(H,19,22)(H,20,21). The zero-order chi connectivity index (χ0) is 16.1. The summed E-state index contributed by atoms with van der Waals surface area (Å²) in [5.41, 5.74) is 1.96. The molecule has 0 saturated heterocycles. The number of halogens is 2. The van der Waals surface area contributed by atoms with E-state index in [9.17, 15) is 14.0 Å². The molecule has 2 rings (SSSR count). The summed E-state index contributed by atoms with van der Waals surface area (Å²) < 4.78 is 13.4. The highest BCUT2D eigenvalue weighted by Crippen LogP contribution is 2.18. The fourth-order valence-corrected chi connectivity index (χ4v) is 2.39. The van der Waals surface area contributed by atoms with E-state index < -0.39 is 5.82 Å². The second kappa shape index (κ2) is 7.17.